The Kier molecular flexibility index (Phi) is 9.15. The zero-order chi connectivity index (χ0) is 17.3. The summed E-state index contributed by atoms with van der Waals surface area (Å²) < 4.78 is 4.78. The SMILES string of the molecule is CCCCC(CC)CC1(CC)CC(CC)C(CC(=O)OC)OO1. The molecule has 1 aliphatic rings. The van der Waals surface area contributed by atoms with Gasteiger partial charge < -0.3 is 4.74 Å². The molecule has 4 heteroatoms. The second-order valence-corrected chi connectivity index (χ2v) is 7.03. The summed E-state index contributed by atoms with van der Waals surface area (Å²) in [6.45, 7) is 8.86. The Morgan fingerprint density at radius 2 is 2.04 bits per heavy atom. The maximum Gasteiger partial charge on any atom is 0.308 e. The summed E-state index contributed by atoms with van der Waals surface area (Å²) in [6, 6.07) is 0. The normalized spacial score (nSPS) is 29.3. The first-order chi connectivity index (χ1) is 11.0. The van der Waals surface area contributed by atoms with E-state index in [4.69, 9.17) is 14.5 Å². The molecule has 4 atom stereocenters. The van der Waals surface area contributed by atoms with Crippen LogP contribution in [0.25, 0.3) is 0 Å². The fourth-order valence-corrected chi connectivity index (χ4v) is 3.68. The maximum atomic E-state index is 11.6. The van der Waals surface area contributed by atoms with Gasteiger partial charge in [-0.15, -0.1) is 0 Å². The highest BCUT2D eigenvalue weighted by Crippen LogP contribution is 2.41. The van der Waals surface area contributed by atoms with Crippen LogP contribution in [0.15, 0.2) is 0 Å². The van der Waals surface area contributed by atoms with Crippen molar-refractivity contribution in [2.45, 2.75) is 97.2 Å². The van der Waals surface area contributed by atoms with Crippen LogP contribution < -0.4 is 0 Å². The van der Waals surface area contributed by atoms with Gasteiger partial charge in [0.25, 0.3) is 0 Å². The van der Waals surface area contributed by atoms with Crippen LogP contribution in [0.5, 0.6) is 0 Å². The molecule has 0 amide bonds. The molecule has 0 saturated carbocycles. The Bertz CT molecular complexity index is 344. The van der Waals surface area contributed by atoms with Crippen LogP contribution in [0.3, 0.4) is 0 Å². The van der Waals surface area contributed by atoms with Crippen molar-refractivity contribution in [1.82, 2.24) is 0 Å². The van der Waals surface area contributed by atoms with Gasteiger partial charge in [-0.1, -0.05) is 59.8 Å². The van der Waals surface area contributed by atoms with Crippen molar-refractivity contribution in [1.29, 1.82) is 0 Å². The average molecular weight is 328 g/mol. The van der Waals surface area contributed by atoms with Gasteiger partial charge in [0.1, 0.15) is 11.7 Å². The minimum atomic E-state index is -0.226. The molecular formula is C19H36O4. The number of unbranched alkanes of at least 4 members (excludes halogenated alkanes) is 1. The summed E-state index contributed by atoms with van der Waals surface area (Å²) in [7, 11) is 1.42. The highest BCUT2D eigenvalue weighted by Gasteiger charge is 2.43. The van der Waals surface area contributed by atoms with Gasteiger partial charge in [0.2, 0.25) is 0 Å². The Balaban J connectivity index is 2.71. The number of ether oxygens (including phenoxy) is 1. The Morgan fingerprint density at radius 3 is 2.57 bits per heavy atom. The third-order valence-electron chi connectivity index (χ3n) is 5.48. The van der Waals surface area contributed by atoms with Gasteiger partial charge in [-0.05, 0) is 31.1 Å². The van der Waals surface area contributed by atoms with E-state index in [0.717, 1.165) is 25.7 Å². The number of carbonyl (C=O) groups is 1. The van der Waals surface area contributed by atoms with E-state index in [0.29, 0.717) is 11.8 Å². The monoisotopic (exact) mass is 328 g/mol. The van der Waals surface area contributed by atoms with E-state index in [1.54, 1.807) is 0 Å². The zero-order valence-electron chi connectivity index (χ0n) is 15.7. The molecule has 0 spiro atoms. The third kappa shape index (κ3) is 6.07. The first-order valence-corrected chi connectivity index (χ1v) is 9.45. The third-order valence-corrected chi connectivity index (χ3v) is 5.48. The molecule has 1 saturated heterocycles. The fourth-order valence-electron chi connectivity index (χ4n) is 3.68. The van der Waals surface area contributed by atoms with Crippen molar-refractivity contribution < 1.29 is 19.3 Å². The quantitative estimate of drug-likeness (QED) is 0.416. The van der Waals surface area contributed by atoms with Gasteiger partial charge in [0.05, 0.1) is 13.5 Å². The minimum absolute atomic E-state index is 0.178. The van der Waals surface area contributed by atoms with Crippen molar-refractivity contribution in [3.05, 3.63) is 0 Å². The molecule has 1 rings (SSSR count). The maximum absolute atomic E-state index is 11.6. The lowest BCUT2D eigenvalue weighted by Gasteiger charge is -2.44. The van der Waals surface area contributed by atoms with Crippen LogP contribution in [-0.4, -0.2) is 24.8 Å². The molecule has 0 aromatic heterocycles. The zero-order valence-corrected chi connectivity index (χ0v) is 15.7. The molecule has 0 aliphatic carbocycles. The lowest BCUT2D eigenvalue weighted by molar-refractivity contribution is -0.424. The molecule has 1 heterocycles. The first kappa shape index (κ1) is 20.4. The number of methoxy groups -OCH3 is 1. The van der Waals surface area contributed by atoms with Crippen LogP contribution in [0.4, 0.5) is 0 Å². The van der Waals surface area contributed by atoms with Crippen LogP contribution in [0.1, 0.15) is 85.5 Å². The molecule has 4 nitrogen and oxygen atoms in total. The molecule has 136 valence electrons. The van der Waals surface area contributed by atoms with Gasteiger partial charge in [0, 0.05) is 0 Å². The minimum Gasteiger partial charge on any atom is -0.469 e. The molecule has 23 heavy (non-hydrogen) atoms. The van der Waals surface area contributed by atoms with E-state index >= 15 is 0 Å². The number of rotatable bonds is 10. The van der Waals surface area contributed by atoms with Crippen molar-refractivity contribution in [3.8, 4) is 0 Å². The van der Waals surface area contributed by atoms with Crippen LogP contribution in [0.2, 0.25) is 0 Å². The standard InChI is InChI=1S/C19H36O4/c1-6-10-11-15(7-2)13-19(9-4)14-16(8-3)17(22-23-19)12-18(20)21-5/h15-17H,6-14H2,1-5H3. The summed E-state index contributed by atoms with van der Waals surface area (Å²) >= 11 is 0. The molecule has 0 N–H and O–H groups in total. The second kappa shape index (κ2) is 10.3. The number of hydrogen-bond donors (Lipinski definition) is 0. The van der Waals surface area contributed by atoms with E-state index in [-0.39, 0.29) is 24.1 Å². The molecule has 0 aromatic carbocycles. The lowest BCUT2D eigenvalue weighted by Crippen LogP contribution is -2.46. The molecule has 1 fully saturated rings. The van der Waals surface area contributed by atoms with E-state index in [1.807, 2.05) is 0 Å². The molecule has 0 radical (unpaired) electrons. The lowest BCUT2D eigenvalue weighted by atomic mass is 9.76. The summed E-state index contributed by atoms with van der Waals surface area (Å²) in [4.78, 5) is 23.2. The molecule has 0 aromatic rings. The number of hydrogen-bond acceptors (Lipinski definition) is 4. The number of carbonyl (C=O) groups excluding carboxylic acids is 1. The highest BCUT2D eigenvalue weighted by molar-refractivity contribution is 5.69. The van der Waals surface area contributed by atoms with Crippen molar-refractivity contribution in [2.75, 3.05) is 7.11 Å². The van der Waals surface area contributed by atoms with E-state index in [9.17, 15) is 4.79 Å². The largest absolute Gasteiger partial charge is 0.469 e. The summed E-state index contributed by atoms with van der Waals surface area (Å²) in [5.41, 5.74) is -0.193. The molecule has 1 aliphatic heterocycles. The van der Waals surface area contributed by atoms with Crippen molar-refractivity contribution >= 4 is 5.97 Å². The van der Waals surface area contributed by atoms with Gasteiger partial charge in [0.15, 0.2) is 0 Å². The highest BCUT2D eigenvalue weighted by atomic mass is 17.2. The topological polar surface area (TPSA) is 44.8 Å². The first-order valence-electron chi connectivity index (χ1n) is 9.45. The van der Waals surface area contributed by atoms with Gasteiger partial charge in [-0.2, -0.15) is 0 Å². The van der Waals surface area contributed by atoms with E-state index < -0.39 is 0 Å². The van der Waals surface area contributed by atoms with E-state index in [2.05, 4.69) is 27.7 Å². The van der Waals surface area contributed by atoms with Gasteiger partial charge in [-0.25, -0.2) is 9.78 Å². The smallest absolute Gasteiger partial charge is 0.308 e. The van der Waals surface area contributed by atoms with Gasteiger partial charge >= 0.3 is 5.97 Å². The van der Waals surface area contributed by atoms with Crippen LogP contribution in [0, 0.1) is 11.8 Å². The Morgan fingerprint density at radius 1 is 1.30 bits per heavy atom. The second-order valence-electron chi connectivity index (χ2n) is 7.03. The van der Waals surface area contributed by atoms with E-state index in [1.165, 1.54) is 32.8 Å². The predicted octanol–water partition coefficient (Wildman–Crippen LogP) is 5.05. The summed E-state index contributed by atoms with van der Waals surface area (Å²) in [5, 5.41) is 0. The van der Waals surface area contributed by atoms with Crippen LogP contribution in [-0.2, 0) is 19.3 Å². The number of esters is 1. The molecule has 4 unspecified atom stereocenters. The van der Waals surface area contributed by atoms with Crippen molar-refractivity contribution in [2.24, 2.45) is 11.8 Å². The fraction of sp³-hybridized carbons (Fsp3) is 0.947. The summed E-state index contributed by atoms with van der Waals surface area (Å²) in [5.74, 6) is 0.815. The Hall–Kier alpha value is -0.610. The molecule has 0 bridgehead atoms. The average Bonchev–Trinajstić information content (AvgIpc) is 2.59. The Labute approximate surface area is 142 Å². The molecular weight excluding hydrogens is 292 g/mol. The van der Waals surface area contributed by atoms with Crippen LogP contribution >= 0.6 is 0 Å². The van der Waals surface area contributed by atoms with Crippen molar-refractivity contribution in [3.63, 3.8) is 0 Å². The van der Waals surface area contributed by atoms with Gasteiger partial charge in [-0.3, -0.25) is 4.79 Å². The predicted molar refractivity (Wildman–Crippen MR) is 91.9 cm³/mol. The summed E-state index contributed by atoms with van der Waals surface area (Å²) in [6.07, 6.45) is 9.06.